The van der Waals surface area contributed by atoms with Crippen molar-refractivity contribution in [2.75, 3.05) is 0 Å². The molecular formula is C13H26O. The van der Waals surface area contributed by atoms with Crippen molar-refractivity contribution in [3.63, 3.8) is 0 Å². The first-order chi connectivity index (χ1) is 6.20. The fourth-order valence-corrected chi connectivity index (χ4v) is 2.24. The summed E-state index contributed by atoms with van der Waals surface area (Å²) in [7, 11) is 0. The Labute approximate surface area is 89.3 Å². The van der Waals surface area contributed by atoms with Gasteiger partial charge < -0.3 is 0 Å². The van der Waals surface area contributed by atoms with Gasteiger partial charge in [0.05, 0.1) is 0 Å². The second kappa shape index (κ2) is 4.46. The SMILES string of the molecule is CCCC(C)(C(C)C)C(C)(C)C(C)=O. The molecule has 1 nitrogen and oxygen atoms in total. The van der Waals surface area contributed by atoms with Crippen LogP contribution in [0.3, 0.4) is 0 Å². The minimum Gasteiger partial charge on any atom is -0.299 e. The lowest BCUT2D eigenvalue weighted by molar-refractivity contribution is -0.134. The molecule has 0 aromatic carbocycles. The van der Waals surface area contributed by atoms with Crippen LogP contribution in [-0.2, 0) is 4.79 Å². The van der Waals surface area contributed by atoms with Crippen LogP contribution in [0.2, 0.25) is 0 Å². The van der Waals surface area contributed by atoms with E-state index in [0.717, 1.165) is 12.8 Å². The minimum absolute atomic E-state index is 0.119. The van der Waals surface area contributed by atoms with Crippen LogP contribution in [-0.4, -0.2) is 5.78 Å². The summed E-state index contributed by atoms with van der Waals surface area (Å²) in [4.78, 5) is 11.7. The molecule has 84 valence electrons. The first-order valence-electron chi connectivity index (χ1n) is 5.71. The van der Waals surface area contributed by atoms with Crippen molar-refractivity contribution in [1.82, 2.24) is 0 Å². The maximum atomic E-state index is 11.7. The quantitative estimate of drug-likeness (QED) is 0.651. The first-order valence-corrected chi connectivity index (χ1v) is 5.71. The largest absolute Gasteiger partial charge is 0.299 e. The predicted molar refractivity (Wildman–Crippen MR) is 62.3 cm³/mol. The highest BCUT2D eigenvalue weighted by Crippen LogP contribution is 2.48. The molecule has 0 radical (unpaired) electrons. The van der Waals surface area contributed by atoms with E-state index in [1.807, 2.05) is 0 Å². The average molecular weight is 198 g/mol. The zero-order valence-corrected chi connectivity index (χ0v) is 10.9. The van der Waals surface area contributed by atoms with Crippen LogP contribution < -0.4 is 0 Å². The van der Waals surface area contributed by atoms with Crippen molar-refractivity contribution in [3.05, 3.63) is 0 Å². The third kappa shape index (κ3) is 2.18. The molecule has 0 saturated heterocycles. The molecule has 0 N–H and O–H groups in total. The van der Waals surface area contributed by atoms with Gasteiger partial charge in [-0.2, -0.15) is 0 Å². The van der Waals surface area contributed by atoms with Crippen molar-refractivity contribution >= 4 is 5.78 Å². The third-order valence-electron chi connectivity index (χ3n) is 4.35. The van der Waals surface area contributed by atoms with E-state index in [0.29, 0.717) is 11.7 Å². The minimum atomic E-state index is -0.211. The predicted octanol–water partition coefficient (Wildman–Crippen LogP) is 4.06. The van der Waals surface area contributed by atoms with Gasteiger partial charge in [-0.15, -0.1) is 0 Å². The Morgan fingerprint density at radius 1 is 1.21 bits per heavy atom. The molecule has 14 heavy (non-hydrogen) atoms. The molecule has 0 aliphatic carbocycles. The van der Waals surface area contributed by atoms with Gasteiger partial charge in [-0.1, -0.05) is 48.0 Å². The second-order valence-corrected chi connectivity index (χ2v) is 5.50. The zero-order valence-electron chi connectivity index (χ0n) is 10.9. The summed E-state index contributed by atoms with van der Waals surface area (Å²) in [6.45, 7) is 14.8. The molecule has 0 spiro atoms. The van der Waals surface area contributed by atoms with Crippen LogP contribution in [0.1, 0.15) is 61.3 Å². The Bertz CT molecular complexity index is 203. The van der Waals surface area contributed by atoms with Gasteiger partial charge in [0.15, 0.2) is 0 Å². The van der Waals surface area contributed by atoms with Gasteiger partial charge in [-0.3, -0.25) is 4.79 Å². The summed E-state index contributed by atoms with van der Waals surface area (Å²) >= 11 is 0. The highest BCUT2D eigenvalue weighted by molar-refractivity contribution is 5.82. The van der Waals surface area contributed by atoms with Gasteiger partial charge in [0.25, 0.3) is 0 Å². The van der Waals surface area contributed by atoms with E-state index in [1.54, 1.807) is 6.92 Å². The van der Waals surface area contributed by atoms with E-state index in [9.17, 15) is 4.79 Å². The van der Waals surface area contributed by atoms with Crippen LogP contribution in [0, 0.1) is 16.7 Å². The molecule has 1 unspecified atom stereocenters. The number of hydrogen-bond acceptors (Lipinski definition) is 1. The Kier molecular flexibility index (Phi) is 4.35. The Morgan fingerprint density at radius 2 is 1.64 bits per heavy atom. The average Bonchev–Trinajstić information content (AvgIpc) is 2.03. The smallest absolute Gasteiger partial charge is 0.135 e. The number of Topliss-reactive ketones (excluding diaryl/α,β-unsaturated/α-hetero) is 1. The molecule has 0 fully saturated rings. The van der Waals surface area contributed by atoms with Gasteiger partial charge in [0.1, 0.15) is 5.78 Å². The fourth-order valence-electron chi connectivity index (χ4n) is 2.24. The first kappa shape index (κ1) is 13.7. The molecule has 1 atom stereocenters. The van der Waals surface area contributed by atoms with E-state index in [4.69, 9.17) is 0 Å². The number of carbonyl (C=O) groups is 1. The van der Waals surface area contributed by atoms with E-state index in [-0.39, 0.29) is 10.8 Å². The molecule has 0 aromatic rings. The van der Waals surface area contributed by atoms with Gasteiger partial charge in [-0.05, 0) is 24.7 Å². The summed E-state index contributed by atoms with van der Waals surface area (Å²) < 4.78 is 0. The molecule has 0 amide bonds. The van der Waals surface area contributed by atoms with Gasteiger partial charge in [-0.25, -0.2) is 0 Å². The molecular weight excluding hydrogens is 172 g/mol. The fraction of sp³-hybridized carbons (Fsp3) is 0.923. The van der Waals surface area contributed by atoms with E-state index >= 15 is 0 Å². The Hall–Kier alpha value is -0.330. The number of rotatable bonds is 5. The van der Waals surface area contributed by atoms with Gasteiger partial charge >= 0.3 is 0 Å². The molecule has 0 heterocycles. The number of ketones is 1. The van der Waals surface area contributed by atoms with Crippen molar-refractivity contribution < 1.29 is 4.79 Å². The van der Waals surface area contributed by atoms with Crippen LogP contribution in [0.25, 0.3) is 0 Å². The van der Waals surface area contributed by atoms with E-state index in [1.165, 1.54) is 0 Å². The lowest BCUT2D eigenvalue weighted by Crippen LogP contribution is -2.44. The van der Waals surface area contributed by atoms with E-state index < -0.39 is 0 Å². The Balaban J connectivity index is 5.09. The van der Waals surface area contributed by atoms with Crippen LogP contribution in [0.15, 0.2) is 0 Å². The summed E-state index contributed by atoms with van der Waals surface area (Å²) in [6.07, 6.45) is 2.27. The van der Waals surface area contributed by atoms with Crippen molar-refractivity contribution in [1.29, 1.82) is 0 Å². The summed E-state index contributed by atoms with van der Waals surface area (Å²) in [5.41, 5.74) is -0.0925. The summed E-state index contributed by atoms with van der Waals surface area (Å²) in [6, 6.07) is 0. The molecule has 1 heteroatoms. The third-order valence-corrected chi connectivity index (χ3v) is 4.35. The van der Waals surface area contributed by atoms with Crippen molar-refractivity contribution in [3.8, 4) is 0 Å². The van der Waals surface area contributed by atoms with E-state index in [2.05, 4.69) is 41.5 Å². The van der Waals surface area contributed by atoms with Crippen LogP contribution in [0.5, 0.6) is 0 Å². The summed E-state index contributed by atoms with van der Waals surface area (Å²) in [5.74, 6) is 0.850. The molecule has 0 aliphatic heterocycles. The highest BCUT2D eigenvalue weighted by atomic mass is 16.1. The lowest BCUT2D eigenvalue weighted by atomic mass is 9.57. The molecule has 0 aliphatic rings. The van der Waals surface area contributed by atoms with Crippen LogP contribution >= 0.6 is 0 Å². The van der Waals surface area contributed by atoms with Gasteiger partial charge in [0, 0.05) is 5.41 Å². The molecule has 0 saturated carbocycles. The molecule has 0 rings (SSSR count). The second-order valence-electron chi connectivity index (χ2n) is 5.50. The van der Waals surface area contributed by atoms with Crippen LogP contribution in [0.4, 0.5) is 0 Å². The maximum absolute atomic E-state index is 11.7. The number of carbonyl (C=O) groups excluding carboxylic acids is 1. The molecule has 0 aromatic heterocycles. The number of hydrogen-bond donors (Lipinski definition) is 0. The topological polar surface area (TPSA) is 17.1 Å². The van der Waals surface area contributed by atoms with Crippen molar-refractivity contribution in [2.24, 2.45) is 16.7 Å². The maximum Gasteiger partial charge on any atom is 0.135 e. The standard InChI is InChI=1S/C13H26O/c1-8-9-13(7,10(2)3)12(5,6)11(4)14/h10H,8-9H2,1-7H3. The molecule has 0 bridgehead atoms. The summed E-state index contributed by atoms with van der Waals surface area (Å²) in [5, 5.41) is 0. The zero-order chi connectivity index (χ0) is 11.6. The lowest BCUT2D eigenvalue weighted by Gasteiger charge is -2.46. The monoisotopic (exact) mass is 198 g/mol. The highest BCUT2D eigenvalue weighted by Gasteiger charge is 2.45. The van der Waals surface area contributed by atoms with Gasteiger partial charge in [0.2, 0.25) is 0 Å². The van der Waals surface area contributed by atoms with Crippen molar-refractivity contribution in [2.45, 2.75) is 61.3 Å². The normalized spacial score (nSPS) is 16.9. The Morgan fingerprint density at radius 3 is 1.86 bits per heavy atom.